The summed E-state index contributed by atoms with van der Waals surface area (Å²) in [7, 11) is 0. The number of nitrogens with one attached hydrogen (secondary N) is 1. The highest BCUT2D eigenvalue weighted by Gasteiger charge is 2.32. The van der Waals surface area contributed by atoms with Crippen LogP contribution in [-0.2, 0) is 4.74 Å². The lowest BCUT2D eigenvalue weighted by Crippen LogP contribution is -2.51. The first-order valence-electron chi connectivity index (χ1n) is 9.12. The van der Waals surface area contributed by atoms with Crippen LogP contribution in [0.2, 0.25) is 0 Å². The Morgan fingerprint density at radius 2 is 2.08 bits per heavy atom. The average molecular weight is 362 g/mol. The zero-order chi connectivity index (χ0) is 18.7. The van der Waals surface area contributed by atoms with Gasteiger partial charge in [-0.3, -0.25) is 15.0 Å². The molecule has 2 saturated heterocycles. The number of non-ortho nitro benzene ring substituents is 1. The summed E-state index contributed by atoms with van der Waals surface area (Å²) in [5, 5.41) is 13.7. The standard InChI is InChI=1S/C18H26N4O4/c1-13-10-20(11-14(2)26-13)12-17-7-4-8-21(17)18(23)19-15-5-3-6-16(9-15)22(24)25/h3,5-6,9,13-14,17H,4,7-8,10-12H2,1-2H3,(H,19,23)/t13-,14-,17+/m1/s1. The number of benzene rings is 1. The molecular weight excluding hydrogens is 336 g/mol. The Bertz CT molecular complexity index is 658. The Balaban J connectivity index is 1.61. The van der Waals surface area contributed by atoms with Crippen molar-refractivity contribution < 1.29 is 14.5 Å². The molecular formula is C18H26N4O4. The van der Waals surface area contributed by atoms with Gasteiger partial charge >= 0.3 is 6.03 Å². The second-order valence-electron chi connectivity index (χ2n) is 7.20. The van der Waals surface area contributed by atoms with Gasteiger partial charge in [-0.1, -0.05) is 6.07 Å². The van der Waals surface area contributed by atoms with Crippen LogP contribution < -0.4 is 5.32 Å². The van der Waals surface area contributed by atoms with E-state index >= 15 is 0 Å². The van der Waals surface area contributed by atoms with Gasteiger partial charge in [0.1, 0.15) is 0 Å². The predicted octanol–water partition coefficient (Wildman–Crippen LogP) is 2.70. The van der Waals surface area contributed by atoms with Gasteiger partial charge < -0.3 is 15.0 Å². The lowest BCUT2D eigenvalue weighted by molar-refractivity contribution is -0.384. The van der Waals surface area contributed by atoms with Crippen LogP contribution in [0.15, 0.2) is 24.3 Å². The predicted molar refractivity (Wildman–Crippen MR) is 98.3 cm³/mol. The number of morpholine rings is 1. The van der Waals surface area contributed by atoms with Gasteiger partial charge in [0.15, 0.2) is 0 Å². The number of amides is 2. The molecule has 2 amide bonds. The molecule has 2 aliphatic rings. The van der Waals surface area contributed by atoms with Gasteiger partial charge in [0.25, 0.3) is 5.69 Å². The minimum Gasteiger partial charge on any atom is -0.373 e. The highest BCUT2D eigenvalue weighted by molar-refractivity contribution is 5.90. The third-order valence-corrected chi connectivity index (χ3v) is 4.91. The summed E-state index contributed by atoms with van der Waals surface area (Å²) in [6, 6.07) is 6.00. The minimum absolute atomic E-state index is 0.0305. The number of nitro groups is 1. The maximum absolute atomic E-state index is 12.7. The topological polar surface area (TPSA) is 88.0 Å². The van der Waals surface area contributed by atoms with Gasteiger partial charge in [-0.2, -0.15) is 0 Å². The molecule has 2 heterocycles. The van der Waals surface area contributed by atoms with Crippen LogP contribution in [0, 0.1) is 10.1 Å². The molecule has 0 bridgehead atoms. The lowest BCUT2D eigenvalue weighted by Gasteiger charge is -2.38. The molecule has 8 nitrogen and oxygen atoms in total. The van der Waals surface area contributed by atoms with Crippen LogP contribution in [0.5, 0.6) is 0 Å². The van der Waals surface area contributed by atoms with Crippen molar-refractivity contribution >= 4 is 17.4 Å². The van der Waals surface area contributed by atoms with E-state index in [0.29, 0.717) is 12.2 Å². The summed E-state index contributed by atoms with van der Waals surface area (Å²) in [4.78, 5) is 27.3. The van der Waals surface area contributed by atoms with Crippen molar-refractivity contribution in [2.45, 2.75) is 44.9 Å². The maximum Gasteiger partial charge on any atom is 0.322 e. The Hall–Kier alpha value is -2.19. The maximum atomic E-state index is 12.7. The van der Waals surface area contributed by atoms with E-state index in [2.05, 4.69) is 24.1 Å². The Labute approximate surface area is 153 Å². The second-order valence-corrected chi connectivity index (χ2v) is 7.20. The van der Waals surface area contributed by atoms with E-state index in [1.807, 2.05) is 4.90 Å². The number of urea groups is 1. The number of ether oxygens (including phenoxy) is 1. The number of anilines is 1. The summed E-state index contributed by atoms with van der Waals surface area (Å²) in [5.41, 5.74) is 0.417. The Kier molecular flexibility index (Phi) is 5.73. The number of rotatable bonds is 4. The molecule has 3 rings (SSSR count). The van der Waals surface area contributed by atoms with E-state index in [1.54, 1.807) is 12.1 Å². The lowest BCUT2D eigenvalue weighted by atomic mass is 10.1. The van der Waals surface area contributed by atoms with Crippen molar-refractivity contribution in [2.24, 2.45) is 0 Å². The fourth-order valence-electron chi connectivity index (χ4n) is 3.92. The molecule has 1 N–H and O–H groups in total. The smallest absolute Gasteiger partial charge is 0.322 e. The number of nitro benzene ring substituents is 1. The Morgan fingerprint density at radius 1 is 1.35 bits per heavy atom. The summed E-state index contributed by atoms with van der Waals surface area (Å²) in [6.45, 7) is 7.44. The van der Waals surface area contributed by atoms with Gasteiger partial charge in [0.2, 0.25) is 0 Å². The summed E-state index contributed by atoms with van der Waals surface area (Å²) >= 11 is 0. The average Bonchev–Trinajstić information content (AvgIpc) is 3.02. The summed E-state index contributed by atoms with van der Waals surface area (Å²) in [6.07, 6.45) is 2.35. The second kappa shape index (κ2) is 8.01. The first kappa shape index (κ1) is 18.6. The van der Waals surface area contributed by atoms with Gasteiger partial charge in [-0.05, 0) is 32.8 Å². The molecule has 0 saturated carbocycles. The van der Waals surface area contributed by atoms with Crippen LogP contribution in [0.4, 0.5) is 16.2 Å². The van der Waals surface area contributed by atoms with Crippen molar-refractivity contribution in [3.8, 4) is 0 Å². The van der Waals surface area contributed by atoms with Crippen molar-refractivity contribution in [1.82, 2.24) is 9.80 Å². The minimum atomic E-state index is -0.463. The highest BCUT2D eigenvalue weighted by atomic mass is 16.6. The number of hydrogen-bond donors (Lipinski definition) is 1. The molecule has 1 aromatic carbocycles. The molecule has 0 unspecified atom stereocenters. The van der Waals surface area contributed by atoms with Gasteiger partial charge in [-0.25, -0.2) is 4.79 Å². The molecule has 0 aliphatic carbocycles. The van der Waals surface area contributed by atoms with Crippen molar-refractivity contribution in [3.63, 3.8) is 0 Å². The van der Waals surface area contributed by atoms with Crippen LogP contribution in [0.3, 0.4) is 0 Å². The number of likely N-dealkylation sites (tertiary alicyclic amines) is 1. The molecule has 3 atom stereocenters. The van der Waals surface area contributed by atoms with Gasteiger partial charge in [0, 0.05) is 50.0 Å². The first-order valence-corrected chi connectivity index (χ1v) is 9.12. The largest absolute Gasteiger partial charge is 0.373 e. The molecule has 1 aromatic rings. The highest BCUT2D eigenvalue weighted by Crippen LogP contribution is 2.23. The summed E-state index contributed by atoms with van der Waals surface area (Å²) in [5.74, 6) is 0. The van der Waals surface area contributed by atoms with Crippen LogP contribution in [0.25, 0.3) is 0 Å². The molecule has 0 spiro atoms. The van der Waals surface area contributed by atoms with E-state index in [1.165, 1.54) is 12.1 Å². The Morgan fingerprint density at radius 3 is 2.77 bits per heavy atom. The zero-order valence-corrected chi connectivity index (χ0v) is 15.3. The molecule has 2 aliphatic heterocycles. The SMILES string of the molecule is C[C@@H]1CN(C[C@@H]2CCCN2C(=O)Nc2cccc([N+](=O)[O-])c2)C[C@@H](C)O1. The third-order valence-electron chi connectivity index (χ3n) is 4.91. The van der Waals surface area contributed by atoms with Crippen LogP contribution in [-0.4, -0.2) is 65.2 Å². The fourth-order valence-corrected chi connectivity index (χ4v) is 3.92. The quantitative estimate of drug-likeness (QED) is 0.657. The fraction of sp³-hybridized carbons (Fsp3) is 0.611. The van der Waals surface area contributed by atoms with Crippen molar-refractivity contribution in [3.05, 3.63) is 34.4 Å². The van der Waals surface area contributed by atoms with Crippen LogP contribution in [0.1, 0.15) is 26.7 Å². The molecule has 2 fully saturated rings. The van der Waals surface area contributed by atoms with E-state index in [-0.39, 0.29) is 30.0 Å². The number of carbonyl (C=O) groups excluding carboxylic acids is 1. The molecule has 142 valence electrons. The van der Waals surface area contributed by atoms with Crippen LogP contribution >= 0.6 is 0 Å². The van der Waals surface area contributed by atoms with E-state index in [4.69, 9.17) is 4.74 Å². The van der Waals surface area contributed by atoms with E-state index < -0.39 is 4.92 Å². The number of nitrogens with zero attached hydrogens (tertiary/aromatic N) is 3. The first-order chi connectivity index (χ1) is 12.4. The molecule has 0 aromatic heterocycles. The van der Waals surface area contributed by atoms with Gasteiger partial charge in [-0.15, -0.1) is 0 Å². The molecule has 26 heavy (non-hydrogen) atoms. The van der Waals surface area contributed by atoms with Crippen molar-refractivity contribution in [2.75, 3.05) is 31.5 Å². The van der Waals surface area contributed by atoms with Gasteiger partial charge in [0.05, 0.1) is 17.1 Å². The summed E-state index contributed by atoms with van der Waals surface area (Å²) < 4.78 is 5.78. The van der Waals surface area contributed by atoms with Crippen molar-refractivity contribution in [1.29, 1.82) is 0 Å². The van der Waals surface area contributed by atoms with E-state index in [0.717, 1.165) is 32.5 Å². The molecule has 8 heteroatoms. The third kappa shape index (κ3) is 4.50. The monoisotopic (exact) mass is 362 g/mol. The number of carbonyl (C=O) groups is 1. The molecule has 0 radical (unpaired) electrons. The normalized spacial score (nSPS) is 26.7. The van der Waals surface area contributed by atoms with E-state index in [9.17, 15) is 14.9 Å². The number of hydrogen-bond acceptors (Lipinski definition) is 5. The zero-order valence-electron chi connectivity index (χ0n) is 15.3.